The van der Waals surface area contributed by atoms with Crippen molar-refractivity contribution in [3.05, 3.63) is 23.9 Å². The number of rotatable bonds is 3. The van der Waals surface area contributed by atoms with E-state index >= 15 is 0 Å². The van der Waals surface area contributed by atoms with E-state index < -0.39 is 0 Å². The molecule has 1 aromatic heterocycles. The van der Waals surface area contributed by atoms with E-state index in [1.54, 1.807) is 0 Å². The van der Waals surface area contributed by atoms with Crippen LogP contribution >= 0.6 is 0 Å². The Hall–Kier alpha value is -1.13. The molecule has 0 amide bonds. The molecule has 1 aliphatic heterocycles. The number of anilines is 1. The van der Waals surface area contributed by atoms with Crippen LogP contribution in [-0.2, 0) is 11.3 Å². The smallest absolute Gasteiger partial charge is 0.129 e. The average Bonchev–Trinajstić information content (AvgIpc) is 2.30. The first-order valence-electron chi connectivity index (χ1n) is 5.75. The highest BCUT2D eigenvalue weighted by Gasteiger charge is 2.19. The minimum absolute atomic E-state index is 0.408. The maximum absolute atomic E-state index is 5.43. The lowest BCUT2D eigenvalue weighted by atomic mass is 10.2. The summed E-state index contributed by atoms with van der Waals surface area (Å²) >= 11 is 0. The van der Waals surface area contributed by atoms with Gasteiger partial charge in [0.25, 0.3) is 0 Å². The second-order valence-corrected chi connectivity index (χ2v) is 4.17. The van der Waals surface area contributed by atoms with Gasteiger partial charge in [-0.15, -0.1) is 0 Å². The average molecular weight is 221 g/mol. The first-order valence-corrected chi connectivity index (χ1v) is 5.75. The topological polar surface area (TPSA) is 37.4 Å². The highest BCUT2D eigenvalue weighted by molar-refractivity contribution is 5.42. The van der Waals surface area contributed by atoms with E-state index in [0.717, 1.165) is 32.1 Å². The Morgan fingerprint density at radius 3 is 3.25 bits per heavy atom. The lowest BCUT2D eigenvalue weighted by molar-refractivity contribution is 0.0985. The van der Waals surface area contributed by atoms with Crippen LogP contribution in [0, 0.1) is 0 Å². The SMILES string of the molecule is CNCc1ccnc(N2CCOCC2C)c1. The van der Waals surface area contributed by atoms with Crippen molar-refractivity contribution in [3.8, 4) is 0 Å². The number of nitrogens with one attached hydrogen (secondary N) is 1. The molecular weight excluding hydrogens is 202 g/mol. The highest BCUT2D eigenvalue weighted by atomic mass is 16.5. The molecule has 1 saturated heterocycles. The summed E-state index contributed by atoms with van der Waals surface area (Å²) in [5.74, 6) is 1.06. The predicted octanol–water partition coefficient (Wildman–Crippen LogP) is 1.03. The third-order valence-corrected chi connectivity index (χ3v) is 2.85. The largest absolute Gasteiger partial charge is 0.377 e. The van der Waals surface area contributed by atoms with Gasteiger partial charge in [0.1, 0.15) is 5.82 Å². The van der Waals surface area contributed by atoms with Crippen molar-refractivity contribution in [1.82, 2.24) is 10.3 Å². The van der Waals surface area contributed by atoms with Gasteiger partial charge in [-0.3, -0.25) is 0 Å². The second kappa shape index (κ2) is 5.27. The first kappa shape index (κ1) is 11.4. The van der Waals surface area contributed by atoms with Crippen molar-refractivity contribution in [2.24, 2.45) is 0 Å². The molecule has 0 aliphatic carbocycles. The summed E-state index contributed by atoms with van der Waals surface area (Å²) in [5, 5.41) is 3.15. The fraction of sp³-hybridized carbons (Fsp3) is 0.583. The molecule has 2 rings (SSSR count). The summed E-state index contributed by atoms with van der Waals surface area (Å²) in [6.07, 6.45) is 1.88. The molecule has 1 unspecified atom stereocenters. The monoisotopic (exact) mass is 221 g/mol. The number of aromatic nitrogens is 1. The van der Waals surface area contributed by atoms with Gasteiger partial charge in [0.15, 0.2) is 0 Å². The zero-order chi connectivity index (χ0) is 11.4. The van der Waals surface area contributed by atoms with Crippen LogP contribution in [0.25, 0.3) is 0 Å². The number of morpholine rings is 1. The van der Waals surface area contributed by atoms with Crippen LogP contribution in [0.4, 0.5) is 5.82 Å². The molecule has 4 nitrogen and oxygen atoms in total. The summed E-state index contributed by atoms with van der Waals surface area (Å²) < 4.78 is 5.43. The standard InChI is InChI=1S/C12H19N3O/c1-10-9-16-6-5-15(10)12-7-11(8-13-2)3-4-14-12/h3-4,7,10,13H,5-6,8-9H2,1-2H3. The molecule has 1 atom stereocenters. The van der Waals surface area contributed by atoms with Crippen LogP contribution in [0.2, 0.25) is 0 Å². The third-order valence-electron chi connectivity index (χ3n) is 2.85. The number of nitrogens with zero attached hydrogens (tertiary/aromatic N) is 2. The van der Waals surface area contributed by atoms with Gasteiger partial charge in [0.2, 0.25) is 0 Å². The predicted molar refractivity (Wildman–Crippen MR) is 64.6 cm³/mol. The van der Waals surface area contributed by atoms with Crippen LogP contribution < -0.4 is 10.2 Å². The summed E-state index contributed by atoms with van der Waals surface area (Å²) in [6.45, 7) is 5.57. The van der Waals surface area contributed by atoms with Crippen molar-refractivity contribution in [2.45, 2.75) is 19.5 Å². The molecule has 0 spiro atoms. The highest BCUT2D eigenvalue weighted by Crippen LogP contribution is 2.17. The fourth-order valence-electron chi connectivity index (χ4n) is 2.00. The van der Waals surface area contributed by atoms with Gasteiger partial charge in [0, 0.05) is 19.3 Å². The van der Waals surface area contributed by atoms with Crippen LogP contribution in [0.5, 0.6) is 0 Å². The third kappa shape index (κ3) is 2.51. The Balaban J connectivity index is 2.15. The summed E-state index contributed by atoms with van der Waals surface area (Å²) in [7, 11) is 1.96. The molecule has 16 heavy (non-hydrogen) atoms. The van der Waals surface area contributed by atoms with Crippen LogP contribution in [0.3, 0.4) is 0 Å². The van der Waals surface area contributed by atoms with Crippen molar-refractivity contribution < 1.29 is 4.74 Å². The maximum atomic E-state index is 5.43. The van der Waals surface area contributed by atoms with Crippen molar-refractivity contribution in [3.63, 3.8) is 0 Å². The molecule has 1 aliphatic rings. The van der Waals surface area contributed by atoms with Gasteiger partial charge in [-0.2, -0.15) is 0 Å². The van der Waals surface area contributed by atoms with Crippen molar-refractivity contribution >= 4 is 5.82 Å². The number of ether oxygens (including phenoxy) is 1. The molecule has 88 valence electrons. The lowest BCUT2D eigenvalue weighted by Gasteiger charge is -2.34. The van der Waals surface area contributed by atoms with Crippen molar-refractivity contribution in [1.29, 1.82) is 0 Å². The van der Waals surface area contributed by atoms with Crippen LogP contribution in [0.1, 0.15) is 12.5 Å². The molecule has 0 bridgehead atoms. The van der Waals surface area contributed by atoms with Gasteiger partial charge in [-0.1, -0.05) is 0 Å². The molecule has 1 fully saturated rings. The number of hydrogen-bond donors (Lipinski definition) is 1. The minimum atomic E-state index is 0.408. The van der Waals surface area contributed by atoms with Gasteiger partial charge in [0.05, 0.1) is 19.3 Å². The minimum Gasteiger partial charge on any atom is -0.377 e. The first-order chi connectivity index (χ1) is 7.81. The van der Waals surface area contributed by atoms with Gasteiger partial charge < -0.3 is 15.0 Å². The van der Waals surface area contributed by atoms with Gasteiger partial charge in [-0.05, 0) is 31.7 Å². The Labute approximate surface area is 96.6 Å². The quantitative estimate of drug-likeness (QED) is 0.827. The molecule has 0 aromatic carbocycles. The fourth-order valence-corrected chi connectivity index (χ4v) is 2.00. The zero-order valence-electron chi connectivity index (χ0n) is 9.94. The molecule has 0 saturated carbocycles. The summed E-state index contributed by atoms with van der Waals surface area (Å²) in [5.41, 5.74) is 1.27. The number of hydrogen-bond acceptors (Lipinski definition) is 4. The molecule has 1 N–H and O–H groups in total. The van der Waals surface area contributed by atoms with E-state index in [1.165, 1.54) is 5.56 Å². The van der Waals surface area contributed by atoms with Crippen LogP contribution in [0.15, 0.2) is 18.3 Å². The Morgan fingerprint density at radius 2 is 2.50 bits per heavy atom. The van der Waals surface area contributed by atoms with E-state index in [9.17, 15) is 0 Å². The molecule has 4 heteroatoms. The normalized spacial score (nSPS) is 21.1. The Kier molecular flexibility index (Phi) is 3.74. The molecular formula is C12H19N3O. The second-order valence-electron chi connectivity index (χ2n) is 4.17. The van der Waals surface area contributed by atoms with E-state index in [4.69, 9.17) is 4.74 Å². The van der Waals surface area contributed by atoms with E-state index in [0.29, 0.717) is 6.04 Å². The molecule has 1 aromatic rings. The Bertz CT molecular complexity index is 343. The van der Waals surface area contributed by atoms with E-state index in [2.05, 4.69) is 28.2 Å². The van der Waals surface area contributed by atoms with Gasteiger partial charge in [-0.25, -0.2) is 4.98 Å². The van der Waals surface area contributed by atoms with Gasteiger partial charge >= 0.3 is 0 Å². The van der Waals surface area contributed by atoms with E-state index in [-0.39, 0.29) is 0 Å². The zero-order valence-corrected chi connectivity index (χ0v) is 9.94. The summed E-state index contributed by atoms with van der Waals surface area (Å²) in [4.78, 5) is 6.75. The van der Waals surface area contributed by atoms with E-state index in [1.807, 2.05) is 19.3 Å². The molecule has 0 radical (unpaired) electrons. The Morgan fingerprint density at radius 1 is 1.62 bits per heavy atom. The lowest BCUT2D eigenvalue weighted by Crippen LogP contribution is -2.44. The number of pyridine rings is 1. The maximum Gasteiger partial charge on any atom is 0.129 e. The van der Waals surface area contributed by atoms with Crippen molar-refractivity contribution in [2.75, 3.05) is 31.7 Å². The summed E-state index contributed by atoms with van der Waals surface area (Å²) in [6, 6.07) is 4.61. The van der Waals surface area contributed by atoms with Crippen LogP contribution in [-0.4, -0.2) is 37.8 Å². The molecule has 2 heterocycles.